The van der Waals surface area contributed by atoms with Gasteiger partial charge in [-0.1, -0.05) is 18.2 Å². The van der Waals surface area contributed by atoms with Crippen LogP contribution in [-0.2, 0) is 0 Å². The zero-order valence-corrected chi connectivity index (χ0v) is 9.58. The van der Waals surface area contributed by atoms with E-state index in [0.29, 0.717) is 11.1 Å². The zero-order valence-electron chi connectivity index (χ0n) is 9.58. The van der Waals surface area contributed by atoms with Gasteiger partial charge in [0.15, 0.2) is 0 Å². The summed E-state index contributed by atoms with van der Waals surface area (Å²) in [5, 5.41) is 9.02. The molecular weight excluding hydrogens is 238 g/mol. The predicted molar refractivity (Wildman–Crippen MR) is 63.5 cm³/mol. The Labute approximate surface area is 103 Å². The smallest absolute Gasteiger partial charge is 0.339 e. The molecule has 2 nitrogen and oxygen atoms in total. The standard InChI is InChI=1S/C14H10F2O2/c1-8-7-9(5-6-11(8)15)10-3-2-4-12(16)13(10)14(17)18/h2-7H,1H3,(H,17,18). The van der Waals surface area contributed by atoms with E-state index in [1.54, 1.807) is 6.92 Å². The van der Waals surface area contributed by atoms with Crippen LogP contribution >= 0.6 is 0 Å². The molecule has 2 rings (SSSR count). The van der Waals surface area contributed by atoms with Crippen LogP contribution in [0.3, 0.4) is 0 Å². The Morgan fingerprint density at radius 3 is 2.44 bits per heavy atom. The number of aromatic carboxylic acids is 1. The molecule has 2 aromatic carbocycles. The Kier molecular flexibility index (Phi) is 3.10. The van der Waals surface area contributed by atoms with Gasteiger partial charge in [-0.15, -0.1) is 0 Å². The average Bonchev–Trinajstić information content (AvgIpc) is 2.32. The molecule has 0 unspecified atom stereocenters. The highest BCUT2D eigenvalue weighted by atomic mass is 19.1. The topological polar surface area (TPSA) is 37.3 Å². The van der Waals surface area contributed by atoms with E-state index in [9.17, 15) is 13.6 Å². The molecule has 0 spiro atoms. The van der Waals surface area contributed by atoms with E-state index in [4.69, 9.17) is 5.11 Å². The van der Waals surface area contributed by atoms with Gasteiger partial charge in [0.25, 0.3) is 0 Å². The summed E-state index contributed by atoms with van der Waals surface area (Å²) in [5.74, 6) is -2.53. The first-order valence-corrected chi connectivity index (χ1v) is 5.29. The highest BCUT2D eigenvalue weighted by Gasteiger charge is 2.17. The third-order valence-electron chi connectivity index (χ3n) is 2.70. The summed E-state index contributed by atoms with van der Waals surface area (Å²) in [4.78, 5) is 11.1. The maximum absolute atomic E-state index is 13.5. The second-order valence-electron chi connectivity index (χ2n) is 3.93. The van der Waals surface area contributed by atoms with Crippen LogP contribution in [0.15, 0.2) is 36.4 Å². The first kappa shape index (κ1) is 12.2. The normalized spacial score (nSPS) is 10.4. The Bertz CT molecular complexity index is 621. The van der Waals surface area contributed by atoms with E-state index < -0.39 is 17.3 Å². The van der Waals surface area contributed by atoms with Crippen LogP contribution in [0.2, 0.25) is 0 Å². The van der Waals surface area contributed by atoms with Crippen LogP contribution in [0.25, 0.3) is 11.1 Å². The summed E-state index contributed by atoms with van der Waals surface area (Å²) in [6, 6.07) is 8.18. The van der Waals surface area contributed by atoms with E-state index in [2.05, 4.69) is 0 Å². The molecule has 0 aliphatic heterocycles. The van der Waals surface area contributed by atoms with Gasteiger partial charge in [0.1, 0.15) is 17.2 Å². The van der Waals surface area contributed by atoms with Crippen molar-refractivity contribution in [2.24, 2.45) is 0 Å². The van der Waals surface area contributed by atoms with Crippen molar-refractivity contribution in [1.82, 2.24) is 0 Å². The molecule has 0 amide bonds. The quantitative estimate of drug-likeness (QED) is 0.880. The maximum atomic E-state index is 13.5. The van der Waals surface area contributed by atoms with E-state index in [1.165, 1.54) is 30.3 Å². The van der Waals surface area contributed by atoms with Gasteiger partial charge in [0.2, 0.25) is 0 Å². The lowest BCUT2D eigenvalue weighted by Crippen LogP contribution is -2.03. The van der Waals surface area contributed by atoms with Gasteiger partial charge in [0, 0.05) is 0 Å². The van der Waals surface area contributed by atoms with Crippen LogP contribution in [0, 0.1) is 18.6 Å². The fraction of sp³-hybridized carbons (Fsp3) is 0.0714. The number of carbonyl (C=O) groups is 1. The summed E-state index contributed by atoms with van der Waals surface area (Å²) in [7, 11) is 0. The molecule has 0 aromatic heterocycles. The van der Waals surface area contributed by atoms with Crippen molar-refractivity contribution in [2.75, 3.05) is 0 Å². The Balaban J connectivity index is 2.67. The van der Waals surface area contributed by atoms with Crippen LogP contribution < -0.4 is 0 Å². The van der Waals surface area contributed by atoms with E-state index in [1.807, 2.05) is 0 Å². The summed E-state index contributed by atoms with van der Waals surface area (Å²) in [6.07, 6.45) is 0. The predicted octanol–water partition coefficient (Wildman–Crippen LogP) is 3.64. The maximum Gasteiger partial charge on any atom is 0.339 e. The van der Waals surface area contributed by atoms with Crippen LogP contribution in [-0.4, -0.2) is 11.1 Å². The second-order valence-corrected chi connectivity index (χ2v) is 3.93. The first-order valence-electron chi connectivity index (χ1n) is 5.29. The van der Waals surface area contributed by atoms with Crippen molar-refractivity contribution < 1.29 is 18.7 Å². The Morgan fingerprint density at radius 1 is 1.11 bits per heavy atom. The molecule has 0 bridgehead atoms. The van der Waals surface area contributed by atoms with Gasteiger partial charge < -0.3 is 5.11 Å². The number of hydrogen-bond donors (Lipinski definition) is 1. The summed E-state index contributed by atoms with van der Waals surface area (Å²) >= 11 is 0. The highest BCUT2D eigenvalue weighted by Crippen LogP contribution is 2.27. The lowest BCUT2D eigenvalue weighted by atomic mass is 9.98. The van der Waals surface area contributed by atoms with E-state index in [-0.39, 0.29) is 11.4 Å². The summed E-state index contributed by atoms with van der Waals surface area (Å²) < 4.78 is 26.7. The van der Waals surface area contributed by atoms with Crippen molar-refractivity contribution in [3.05, 3.63) is 59.2 Å². The molecule has 0 aliphatic rings. The molecule has 0 aliphatic carbocycles. The van der Waals surface area contributed by atoms with Crippen LogP contribution in [0.5, 0.6) is 0 Å². The molecule has 0 fully saturated rings. The fourth-order valence-electron chi connectivity index (χ4n) is 1.79. The third kappa shape index (κ3) is 2.09. The second kappa shape index (κ2) is 4.56. The largest absolute Gasteiger partial charge is 0.478 e. The molecule has 18 heavy (non-hydrogen) atoms. The number of rotatable bonds is 2. The van der Waals surface area contributed by atoms with Gasteiger partial charge in [-0.2, -0.15) is 0 Å². The number of halogens is 2. The molecular formula is C14H10F2O2. The van der Waals surface area contributed by atoms with Gasteiger partial charge in [-0.3, -0.25) is 0 Å². The minimum absolute atomic E-state index is 0.241. The van der Waals surface area contributed by atoms with Crippen molar-refractivity contribution in [1.29, 1.82) is 0 Å². The summed E-state index contributed by atoms with van der Waals surface area (Å²) in [5.41, 5.74) is 0.702. The molecule has 4 heteroatoms. The van der Waals surface area contributed by atoms with Gasteiger partial charge >= 0.3 is 5.97 Å². The van der Waals surface area contributed by atoms with Crippen molar-refractivity contribution in [3.8, 4) is 11.1 Å². The Hall–Kier alpha value is -2.23. The Morgan fingerprint density at radius 2 is 1.83 bits per heavy atom. The van der Waals surface area contributed by atoms with Crippen LogP contribution in [0.4, 0.5) is 8.78 Å². The molecule has 0 radical (unpaired) electrons. The van der Waals surface area contributed by atoms with Gasteiger partial charge in [-0.05, 0) is 41.8 Å². The molecule has 0 atom stereocenters. The number of carboxylic acids is 1. The fourth-order valence-corrected chi connectivity index (χ4v) is 1.79. The number of aryl methyl sites for hydroxylation is 1. The third-order valence-corrected chi connectivity index (χ3v) is 2.70. The van der Waals surface area contributed by atoms with Crippen molar-refractivity contribution in [2.45, 2.75) is 6.92 Å². The SMILES string of the molecule is Cc1cc(-c2cccc(F)c2C(=O)O)ccc1F. The average molecular weight is 248 g/mol. The molecule has 92 valence electrons. The lowest BCUT2D eigenvalue weighted by molar-refractivity contribution is 0.0693. The van der Waals surface area contributed by atoms with Crippen LogP contribution in [0.1, 0.15) is 15.9 Å². The zero-order chi connectivity index (χ0) is 13.3. The van der Waals surface area contributed by atoms with Gasteiger partial charge in [0.05, 0.1) is 0 Å². The summed E-state index contributed by atoms with van der Waals surface area (Å²) in [6.45, 7) is 1.57. The molecule has 2 aromatic rings. The minimum atomic E-state index is -1.34. The minimum Gasteiger partial charge on any atom is -0.478 e. The number of carboxylic acid groups (broad SMARTS) is 1. The van der Waals surface area contributed by atoms with E-state index >= 15 is 0 Å². The molecule has 0 heterocycles. The van der Waals surface area contributed by atoms with Crippen molar-refractivity contribution in [3.63, 3.8) is 0 Å². The molecule has 0 saturated carbocycles. The molecule has 1 N–H and O–H groups in total. The number of hydrogen-bond acceptors (Lipinski definition) is 1. The van der Waals surface area contributed by atoms with Gasteiger partial charge in [-0.25, -0.2) is 13.6 Å². The van der Waals surface area contributed by atoms with E-state index in [0.717, 1.165) is 6.07 Å². The molecule has 0 saturated heterocycles. The number of benzene rings is 2. The first-order chi connectivity index (χ1) is 8.50. The highest BCUT2D eigenvalue weighted by molar-refractivity contribution is 5.96. The monoisotopic (exact) mass is 248 g/mol. The lowest BCUT2D eigenvalue weighted by Gasteiger charge is -2.08. The van der Waals surface area contributed by atoms with Crippen molar-refractivity contribution >= 4 is 5.97 Å².